The van der Waals surface area contributed by atoms with E-state index in [0.717, 1.165) is 18.7 Å². The van der Waals surface area contributed by atoms with E-state index >= 15 is 0 Å². The molecule has 0 unspecified atom stereocenters. The largest absolute Gasteiger partial charge is 0.493 e. The first-order chi connectivity index (χ1) is 20.9. The van der Waals surface area contributed by atoms with E-state index in [1.165, 1.54) is 22.0 Å². The van der Waals surface area contributed by atoms with Gasteiger partial charge in [-0.3, -0.25) is 14.5 Å². The summed E-state index contributed by atoms with van der Waals surface area (Å²) in [4.78, 5) is 31.5. The minimum absolute atomic E-state index is 0.210. The van der Waals surface area contributed by atoms with E-state index in [1.54, 1.807) is 56.7 Å². The molecule has 0 aromatic heterocycles. The van der Waals surface area contributed by atoms with Gasteiger partial charge in [-0.2, -0.15) is 5.10 Å². The molecular weight excluding hydrogens is 575 g/mol. The fourth-order valence-corrected chi connectivity index (χ4v) is 5.47. The highest BCUT2D eigenvalue weighted by Crippen LogP contribution is 2.37. The number of rotatable bonds is 10. The SMILES string of the molecule is COc1ccc([C@H]2CC(c3ccc(F)cc3)=NN2C(=O)CN(CCN2CCOCC2)C(=O)c2ccccc2Cl)cc1OC. The predicted octanol–water partition coefficient (Wildman–Crippen LogP) is 4.65. The van der Waals surface area contributed by atoms with Crippen LogP contribution in [-0.4, -0.2) is 92.5 Å². The van der Waals surface area contributed by atoms with Crippen molar-refractivity contribution in [1.82, 2.24) is 14.8 Å². The number of ether oxygens (including phenoxy) is 3. The van der Waals surface area contributed by atoms with Gasteiger partial charge >= 0.3 is 0 Å². The number of morpholine rings is 1. The van der Waals surface area contributed by atoms with Crippen molar-refractivity contribution < 1.29 is 28.2 Å². The fraction of sp³-hybridized carbons (Fsp3) is 0.344. The smallest absolute Gasteiger partial charge is 0.262 e. The molecule has 43 heavy (non-hydrogen) atoms. The Hall–Kier alpha value is -3.99. The van der Waals surface area contributed by atoms with Crippen LogP contribution in [0.1, 0.15) is 33.9 Å². The molecule has 2 amide bonds. The number of amides is 2. The van der Waals surface area contributed by atoms with Gasteiger partial charge in [0.2, 0.25) is 0 Å². The van der Waals surface area contributed by atoms with Crippen molar-refractivity contribution in [2.75, 3.05) is 60.2 Å². The summed E-state index contributed by atoms with van der Waals surface area (Å²) < 4.78 is 30.1. The third-order valence-corrected chi connectivity index (χ3v) is 7.97. The second kappa shape index (κ2) is 14.0. The van der Waals surface area contributed by atoms with Crippen LogP contribution >= 0.6 is 11.6 Å². The minimum Gasteiger partial charge on any atom is -0.493 e. The highest BCUT2D eigenvalue weighted by atomic mass is 35.5. The zero-order chi connectivity index (χ0) is 30.3. The number of halogens is 2. The summed E-state index contributed by atoms with van der Waals surface area (Å²) in [7, 11) is 3.10. The minimum atomic E-state index is -0.483. The molecule has 0 spiro atoms. The monoisotopic (exact) mass is 608 g/mol. The summed E-state index contributed by atoms with van der Waals surface area (Å²) in [5.41, 5.74) is 2.44. The summed E-state index contributed by atoms with van der Waals surface area (Å²) in [6.07, 6.45) is 0.388. The summed E-state index contributed by atoms with van der Waals surface area (Å²) >= 11 is 6.39. The van der Waals surface area contributed by atoms with Gasteiger partial charge in [0, 0.05) is 32.6 Å². The van der Waals surface area contributed by atoms with Crippen LogP contribution < -0.4 is 9.47 Å². The predicted molar refractivity (Wildman–Crippen MR) is 161 cm³/mol. The van der Waals surface area contributed by atoms with Crippen LogP contribution in [0.25, 0.3) is 0 Å². The molecule has 0 saturated carbocycles. The molecule has 2 heterocycles. The number of hydrogen-bond acceptors (Lipinski definition) is 7. The standard InChI is InChI=1S/C32H34ClFN4O5/c1-41-29-12-9-23(19-30(29)42-2)28-20-27(22-7-10-24(34)11-8-22)35-38(28)31(39)21-37(14-13-36-15-17-43-18-16-36)32(40)25-5-3-4-6-26(25)33/h3-12,19,28H,13-18,20-21H2,1-2H3/t28-/m1/s1. The van der Waals surface area contributed by atoms with Crippen LogP contribution in [0, 0.1) is 5.82 Å². The van der Waals surface area contributed by atoms with E-state index in [0.29, 0.717) is 66.1 Å². The molecule has 5 rings (SSSR count). The molecule has 0 bridgehead atoms. The summed E-state index contributed by atoms with van der Waals surface area (Å²) in [5, 5.41) is 6.45. The Balaban J connectivity index is 1.45. The normalized spacial score (nSPS) is 17.0. The maximum absolute atomic E-state index is 14.1. The van der Waals surface area contributed by atoms with Crippen LogP contribution in [-0.2, 0) is 9.53 Å². The van der Waals surface area contributed by atoms with Gasteiger partial charge in [-0.1, -0.05) is 41.9 Å². The van der Waals surface area contributed by atoms with E-state index in [2.05, 4.69) is 4.90 Å². The summed E-state index contributed by atoms with van der Waals surface area (Å²) in [6, 6.07) is 17.8. The average molecular weight is 609 g/mol. The molecule has 1 fully saturated rings. The van der Waals surface area contributed by atoms with Gasteiger partial charge in [-0.05, 0) is 47.5 Å². The highest BCUT2D eigenvalue weighted by molar-refractivity contribution is 6.33. The number of hydrogen-bond donors (Lipinski definition) is 0. The van der Waals surface area contributed by atoms with Gasteiger partial charge in [0.1, 0.15) is 12.4 Å². The van der Waals surface area contributed by atoms with E-state index in [-0.39, 0.29) is 24.2 Å². The lowest BCUT2D eigenvalue weighted by Crippen LogP contribution is -2.46. The van der Waals surface area contributed by atoms with Crippen molar-refractivity contribution in [3.63, 3.8) is 0 Å². The molecule has 2 aliphatic rings. The van der Waals surface area contributed by atoms with Crippen molar-refractivity contribution in [2.24, 2.45) is 5.10 Å². The molecule has 1 atom stereocenters. The molecular formula is C32H34ClFN4O5. The van der Waals surface area contributed by atoms with Crippen LogP contribution in [0.5, 0.6) is 11.5 Å². The lowest BCUT2D eigenvalue weighted by atomic mass is 9.98. The molecule has 226 valence electrons. The second-order valence-corrected chi connectivity index (χ2v) is 10.7. The quantitative estimate of drug-likeness (QED) is 0.333. The van der Waals surface area contributed by atoms with Gasteiger partial charge < -0.3 is 19.1 Å². The van der Waals surface area contributed by atoms with Crippen molar-refractivity contribution in [2.45, 2.75) is 12.5 Å². The zero-order valence-corrected chi connectivity index (χ0v) is 24.9. The number of benzene rings is 3. The molecule has 0 aliphatic carbocycles. The van der Waals surface area contributed by atoms with Gasteiger partial charge in [0.05, 0.1) is 49.8 Å². The maximum atomic E-state index is 14.1. The Morgan fingerprint density at radius 2 is 1.74 bits per heavy atom. The summed E-state index contributed by atoms with van der Waals surface area (Å²) in [5.74, 6) is 0.0156. The molecule has 9 nitrogen and oxygen atoms in total. The topological polar surface area (TPSA) is 83.9 Å². The molecule has 0 radical (unpaired) electrons. The van der Waals surface area contributed by atoms with E-state index in [4.69, 9.17) is 30.9 Å². The lowest BCUT2D eigenvalue weighted by Gasteiger charge is -2.31. The molecule has 3 aromatic carbocycles. The van der Waals surface area contributed by atoms with Gasteiger partial charge in [-0.15, -0.1) is 0 Å². The van der Waals surface area contributed by atoms with Gasteiger partial charge in [-0.25, -0.2) is 9.40 Å². The van der Waals surface area contributed by atoms with Crippen LogP contribution in [0.15, 0.2) is 71.8 Å². The Kier molecular flexibility index (Phi) is 9.91. The van der Waals surface area contributed by atoms with Crippen molar-refractivity contribution in [1.29, 1.82) is 0 Å². The number of carbonyl (C=O) groups excluding carboxylic acids is 2. The number of methoxy groups -OCH3 is 2. The van der Waals surface area contributed by atoms with Crippen LogP contribution in [0.2, 0.25) is 5.02 Å². The van der Waals surface area contributed by atoms with Gasteiger partial charge in [0.15, 0.2) is 11.5 Å². The van der Waals surface area contributed by atoms with E-state index in [9.17, 15) is 14.0 Å². The summed E-state index contributed by atoms with van der Waals surface area (Å²) in [6.45, 7) is 3.44. The Morgan fingerprint density at radius 1 is 1.02 bits per heavy atom. The molecule has 2 aliphatic heterocycles. The molecule has 1 saturated heterocycles. The van der Waals surface area contributed by atoms with Crippen molar-refractivity contribution >= 4 is 29.1 Å². The van der Waals surface area contributed by atoms with Crippen LogP contribution in [0.4, 0.5) is 4.39 Å². The van der Waals surface area contributed by atoms with Gasteiger partial charge in [0.25, 0.3) is 11.8 Å². The maximum Gasteiger partial charge on any atom is 0.262 e. The zero-order valence-electron chi connectivity index (χ0n) is 24.2. The first kappa shape index (κ1) is 30.5. The molecule has 3 aromatic rings. The van der Waals surface area contributed by atoms with E-state index in [1.807, 2.05) is 12.1 Å². The lowest BCUT2D eigenvalue weighted by molar-refractivity contribution is -0.133. The third kappa shape index (κ3) is 7.15. The Labute approximate surface area is 255 Å². The number of carbonyl (C=O) groups is 2. The Bertz CT molecular complexity index is 1480. The first-order valence-electron chi connectivity index (χ1n) is 14.1. The van der Waals surface area contributed by atoms with Crippen LogP contribution in [0.3, 0.4) is 0 Å². The number of hydrazone groups is 1. The number of nitrogens with zero attached hydrogens (tertiary/aromatic N) is 4. The second-order valence-electron chi connectivity index (χ2n) is 10.3. The van der Waals surface area contributed by atoms with Crippen molar-refractivity contribution in [3.8, 4) is 11.5 Å². The fourth-order valence-electron chi connectivity index (χ4n) is 5.26. The highest BCUT2D eigenvalue weighted by Gasteiger charge is 2.35. The van der Waals surface area contributed by atoms with Crippen molar-refractivity contribution in [3.05, 3.63) is 94.3 Å². The molecule has 11 heteroatoms. The van der Waals surface area contributed by atoms with E-state index < -0.39 is 6.04 Å². The molecule has 0 N–H and O–H groups in total. The average Bonchev–Trinajstić information content (AvgIpc) is 3.49. The Morgan fingerprint density at radius 3 is 2.44 bits per heavy atom. The third-order valence-electron chi connectivity index (χ3n) is 7.64. The first-order valence-corrected chi connectivity index (χ1v) is 14.5.